The number of nitrogens with zero attached hydrogens (tertiary/aromatic N) is 2. The molecular weight excluding hydrogens is 254 g/mol. The molecule has 0 aromatic carbocycles. The molecule has 0 saturated carbocycles. The summed E-state index contributed by atoms with van der Waals surface area (Å²) in [5.74, 6) is -0.488. The van der Waals surface area contributed by atoms with Gasteiger partial charge in [0.15, 0.2) is 10.8 Å². The van der Waals surface area contributed by atoms with Gasteiger partial charge in [-0.25, -0.2) is 14.8 Å². The van der Waals surface area contributed by atoms with Crippen LogP contribution in [0.4, 0.5) is 10.8 Å². The number of carbonyl (C=O) groups is 1. The maximum atomic E-state index is 10.7. The molecule has 2 aromatic rings. The van der Waals surface area contributed by atoms with E-state index in [1.165, 1.54) is 16.7 Å². The number of ether oxygens (including phenoxy) is 1. The number of hydrogen-bond acceptors (Lipinski definition) is 6. The molecular formula is C11H11N3O3S. The van der Waals surface area contributed by atoms with Crippen molar-refractivity contribution in [2.75, 3.05) is 11.9 Å². The van der Waals surface area contributed by atoms with Crippen LogP contribution in [0.1, 0.15) is 17.4 Å². The fraction of sp³-hybridized carbons (Fsp3) is 0.182. The molecule has 6 nitrogen and oxygen atoms in total. The SMILES string of the molecule is CCOc1ccc(Nc2nc(C(=O)O)cs2)cn1. The van der Waals surface area contributed by atoms with Crippen molar-refractivity contribution < 1.29 is 14.6 Å². The quantitative estimate of drug-likeness (QED) is 0.863. The van der Waals surface area contributed by atoms with Crippen molar-refractivity contribution in [3.8, 4) is 5.88 Å². The predicted octanol–water partition coefficient (Wildman–Crippen LogP) is 2.38. The summed E-state index contributed by atoms with van der Waals surface area (Å²) in [4.78, 5) is 18.7. The summed E-state index contributed by atoms with van der Waals surface area (Å²) >= 11 is 1.23. The van der Waals surface area contributed by atoms with Gasteiger partial charge < -0.3 is 15.2 Å². The highest BCUT2D eigenvalue weighted by molar-refractivity contribution is 7.14. The lowest BCUT2D eigenvalue weighted by Crippen LogP contribution is -1.98. The van der Waals surface area contributed by atoms with E-state index in [1.807, 2.05) is 6.92 Å². The van der Waals surface area contributed by atoms with E-state index in [9.17, 15) is 4.79 Å². The van der Waals surface area contributed by atoms with Crippen LogP contribution < -0.4 is 10.1 Å². The minimum absolute atomic E-state index is 0.0291. The van der Waals surface area contributed by atoms with Crippen LogP contribution in [-0.4, -0.2) is 27.7 Å². The number of carboxylic acids is 1. The molecule has 0 radical (unpaired) electrons. The number of pyridine rings is 1. The van der Waals surface area contributed by atoms with Gasteiger partial charge in [-0.05, 0) is 13.0 Å². The van der Waals surface area contributed by atoms with E-state index in [1.54, 1.807) is 18.3 Å². The fourth-order valence-corrected chi connectivity index (χ4v) is 1.94. The van der Waals surface area contributed by atoms with Gasteiger partial charge in [-0.1, -0.05) is 0 Å². The van der Waals surface area contributed by atoms with Gasteiger partial charge in [0.05, 0.1) is 18.5 Å². The van der Waals surface area contributed by atoms with Crippen LogP contribution in [0.5, 0.6) is 5.88 Å². The molecule has 0 spiro atoms. The largest absolute Gasteiger partial charge is 0.478 e. The molecule has 0 aliphatic heterocycles. The van der Waals surface area contributed by atoms with E-state index in [2.05, 4.69) is 15.3 Å². The van der Waals surface area contributed by atoms with Crippen molar-refractivity contribution in [3.05, 3.63) is 29.4 Å². The highest BCUT2D eigenvalue weighted by atomic mass is 32.1. The second-order valence-corrected chi connectivity index (χ2v) is 4.14. The number of aromatic nitrogens is 2. The molecule has 0 bridgehead atoms. The van der Waals surface area contributed by atoms with Gasteiger partial charge >= 0.3 is 5.97 Å². The fourth-order valence-electron chi connectivity index (χ4n) is 1.24. The van der Waals surface area contributed by atoms with Gasteiger partial charge in [-0.2, -0.15) is 0 Å². The third kappa shape index (κ3) is 2.95. The van der Waals surface area contributed by atoms with E-state index in [0.717, 1.165) is 5.69 Å². The van der Waals surface area contributed by atoms with Crippen LogP contribution >= 0.6 is 11.3 Å². The Bertz CT molecular complexity index is 539. The zero-order chi connectivity index (χ0) is 13.0. The first-order valence-electron chi connectivity index (χ1n) is 5.23. The smallest absolute Gasteiger partial charge is 0.355 e. The first kappa shape index (κ1) is 12.3. The van der Waals surface area contributed by atoms with Gasteiger partial charge in [0.1, 0.15) is 0 Å². The normalized spacial score (nSPS) is 10.1. The lowest BCUT2D eigenvalue weighted by Gasteiger charge is -2.04. The van der Waals surface area contributed by atoms with Gasteiger partial charge in [0.2, 0.25) is 5.88 Å². The molecule has 0 atom stereocenters. The first-order valence-corrected chi connectivity index (χ1v) is 6.11. The van der Waals surface area contributed by atoms with Crippen molar-refractivity contribution in [2.45, 2.75) is 6.92 Å². The minimum atomic E-state index is -1.04. The topological polar surface area (TPSA) is 84.3 Å². The summed E-state index contributed by atoms with van der Waals surface area (Å²) in [5.41, 5.74) is 0.756. The Morgan fingerprint density at radius 1 is 1.56 bits per heavy atom. The standard InChI is InChI=1S/C11H11N3O3S/c1-2-17-9-4-3-7(5-12-9)13-11-14-8(6-18-11)10(15)16/h3-6H,2H2,1H3,(H,13,14)(H,15,16). The molecule has 2 N–H and O–H groups in total. The molecule has 0 amide bonds. The molecule has 94 valence electrons. The maximum Gasteiger partial charge on any atom is 0.355 e. The monoisotopic (exact) mass is 265 g/mol. The molecule has 0 fully saturated rings. The molecule has 0 aliphatic carbocycles. The highest BCUT2D eigenvalue weighted by Gasteiger charge is 2.08. The first-order chi connectivity index (χ1) is 8.69. The molecule has 2 aromatic heterocycles. The molecule has 18 heavy (non-hydrogen) atoms. The Kier molecular flexibility index (Phi) is 3.73. The van der Waals surface area contributed by atoms with E-state index in [4.69, 9.17) is 9.84 Å². The molecule has 0 unspecified atom stereocenters. The lowest BCUT2D eigenvalue weighted by atomic mass is 10.4. The molecule has 2 rings (SSSR count). The minimum Gasteiger partial charge on any atom is -0.478 e. The van der Waals surface area contributed by atoms with Crippen molar-refractivity contribution >= 4 is 28.1 Å². The third-order valence-corrected chi connectivity index (χ3v) is 2.76. The molecule has 7 heteroatoms. The third-order valence-electron chi connectivity index (χ3n) is 2.00. The van der Waals surface area contributed by atoms with Gasteiger partial charge in [-0.3, -0.25) is 0 Å². The van der Waals surface area contributed by atoms with E-state index < -0.39 is 5.97 Å². The Morgan fingerprint density at radius 2 is 2.39 bits per heavy atom. The predicted molar refractivity (Wildman–Crippen MR) is 67.8 cm³/mol. The number of nitrogens with one attached hydrogen (secondary N) is 1. The van der Waals surface area contributed by atoms with Crippen LogP contribution in [0.15, 0.2) is 23.7 Å². The number of aromatic carboxylic acids is 1. The van der Waals surface area contributed by atoms with Crippen molar-refractivity contribution in [1.29, 1.82) is 0 Å². The van der Waals surface area contributed by atoms with Crippen LogP contribution in [0, 0.1) is 0 Å². The highest BCUT2D eigenvalue weighted by Crippen LogP contribution is 2.21. The zero-order valence-electron chi connectivity index (χ0n) is 9.58. The van der Waals surface area contributed by atoms with E-state index in [-0.39, 0.29) is 5.69 Å². The summed E-state index contributed by atoms with van der Waals surface area (Å²) < 4.78 is 5.22. The Labute approximate surface area is 107 Å². The van der Waals surface area contributed by atoms with Crippen molar-refractivity contribution in [2.24, 2.45) is 0 Å². The van der Waals surface area contributed by atoms with E-state index in [0.29, 0.717) is 17.6 Å². The number of anilines is 2. The molecule has 0 aliphatic rings. The van der Waals surface area contributed by atoms with Crippen LogP contribution in [0.25, 0.3) is 0 Å². The van der Waals surface area contributed by atoms with Crippen LogP contribution in [0.2, 0.25) is 0 Å². The van der Waals surface area contributed by atoms with Gasteiger partial charge in [0, 0.05) is 11.4 Å². The summed E-state index contributed by atoms with van der Waals surface area (Å²) in [7, 11) is 0. The Morgan fingerprint density at radius 3 is 2.94 bits per heavy atom. The summed E-state index contributed by atoms with van der Waals surface area (Å²) in [5, 5.41) is 13.7. The number of carboxylic acid groups (broad SMARTS) is 1. The molecule has 0 saturated heterocycles. The van der Waals surface area contributed by atoms with Crippen molar-refractivity contribution in [1.82, 2.24) is 9.97 Å². The number of rotatable bonds is 5. The number of thiazole rings is 1. The zero-order valence-corrected chi connectivity index (χ0v) is 10.4. The maximum absolute atomic E-state index is 10.7. The second-order valence-electron chi connectivity index (χ2n) is 3.29. The van der Waals surface area contributed by atoms with Crippen LogP contribution in [-0.2, 0) is 0 Å². The van der Waals surface area contributed by atoms with Crippen LogP contribution in [0.3, 0.4) is 0 Å². The number of hydrogen-bond donors (Lipinski definition) is 2. The lowest BCUT2D eigenvalue weighted by molar-refractivity contribution is 0.0691. The second kappa shape index (κ2) is 5.46. The van der Waals surface area contributed by atoms with Gasteiger partial charge in [-0.15, -0.1) is 11.3 Å². The summed E-state index contributed by atoms with van der Waals surface area (Å²) in [6.45, 7) is 2.45. The molecule has 2 heterocycles. The summed E-state index contributed by atoms with van der Waals surface area (Å²) in [6, 6.07) is 3.53. The Balaban J connectivity index is 2.06. The van der Waals surface area contributed by atoms with Crippen molar-refractivity contribution in [3.63, 3.8) is 0 Å². The average Bonchev–Trinajstić information content (AvgIpc) is 2.81. The Hall–Kier alpha value is -2.15. The van der Waals surface area contributed by atoms with Gasteiger partial charge in [0.25, 0.3) is 0 Å². The summed E-state index contributed by atoms with van der Waals surface area (Å²) in [6.07, 6.45) is 1.60. The average molecular weight is 265 g/mol. The van der Waals surface area contributed by atoms with E-state index >= 15 is 0 Å².